The predicted octanol–water partition coefficient (Wildman–Crippen LogP) is 3.56. The van der Waals surface area contributed by atoms with Gasteiger partial charge in [-0.1, -0.05) is 32.9 Å². The molecule has 4 rings (SSSR count). The first kappa shape index (κ1) is 28.5. The van der Waals surface area contributed by atoms with Crippen LogP contribution in [0.1, 0.15) is 33.3 Å². The highest BCUT2D eigenvalue weighted by Gasteiger charge is 2.31. The van der Waals surface area contributed by atoms with Crippen molar-refractivity contribution in [2.75, 3.05) is 36.8 Å². The zero-order valence-corrected chi connectivity index (χ0v) is 23.2. The van der Waals surface area contributed by atoms with Crippen LogP contribution in [0.3, 0.4) is 0 Å². The van der Waals surface area contributed by atoms with Gasteiger partial charge in [0, 0.05) is 37.9 Å². The number of nitrogens with two attached hydrogens (primary N) is 1. The van der Waals surface area contributed by atoms with Crippen molar-refractivity contribution in [2.24, 2.45) is 5.41 Å². The summed E-state index contributed by atoms with van der Waals surface area (Å²) in [5, 5.41) is 4.17. The Bertz CT molecular complexity index is 1480. The van der Waals surface area contributed by atoms with Gasteiger partial charge in [-0.25, -0.2) is 17.2 Å². The Hall–Kier alpha value is -3.51. The maximum Gasteiger partial charge on any atom is 0.316 e. The van der Waals surface area contributed by atoms with E-state index in [1.54, 1.807) is 24.3 Å². The number of anilines is 2. The molecule has 1 aliphatic heterocycles. The van der Waals surface area contributed by atoms with Gasteiger partial charge in [0.25, 0.3) is 0 Å². The lowest BCUT2D eigenvalue weighted by atomic mass is 9.90. The number of nitrogen functional groups attached to an aromatic ring is 1. The van der Waals surface area contributed by atoms with Gasteiger partial charge >= 0.3 is 5.56 Å². The molecule has 0 bridgehead atoms. The first-order valence-corrected chi connectivity index (χ1v) is 14.2. The molecular formula is C27H33F2N5O4S. The number of piperazine rings is 1. The summed E-state index contributed by atoms with van der Waals surface area (Å²) < 4.78 is 62.3. The Kier molecular flexibility index (Phi) is 7.99. The molecule has 12 heteroatoms. The van der Waals surface area contributed by atoms with Crippen LogP contribution in [-0.2, 0) is 15.8 Å². The number of hydrogen-bond acceptors (Lipinski definition) is 7. The third-order valence-electron chi connectivity index (χ3n) is 6.82. The van der Waals surface area contributed by atoms with E-state index < -0.39 is 33.3 Å². The minimum absolute atomic E-state index is 0.0183. The van der Waals surface area contributed by atoms with Gasteiger partial charge in [0.05, 0.1) is 17.6 Å². The van der Waals surface area contributed by atoms with Crippen LogP contribution in [0.25, 0.3) is 5.69 Å². The fraction of sp³-hybridized carbons (Fsp3) is 0.407. The average molecular weight is 562 g/mol. The molecule has 1 atom stereocenters. The van der Waals surface area contributed by atoms with Crippen molar-refractivity contribution >= 4 is 21.4 Å². The number of rotatable bonds is 7. The molecule has 2 N–H and O–H groups in total. The quantitative estimate of drug-likeness (QED) is 0.439. The maximum absolute atomic E-state index is 13.9. The van der Waals surface area contributed by atoms with Crippen LogP contribution < -0.4 is 20.9 Å². The second-order valence-corrected chi connectivity index (χ2v) is 12.7. The molecule has 1 saturated heterocycles. The fourth-order valence-corrected chi connectivity index (χ4v) is 5.60. The molecule has 0 spiro atoms. The monoisotopic (exact) mass is 561 g/mol. The van der Waals surface area contributed by atoms with Crippen LogP contribution in [0.5, 0.6) is 5.75 Å². The number of nitrogens with zero attached hydrogens (tertiary/aromatic N) is 4. The summed E-state index contributed by atoms with van der Waals surface area (Å²) >= 11 is 0. The van der Waals surface area contributed by atoms with Crippen LogP contribution in [0.15, 0.2) is 53.5 Å². The second-order valence-electron chi connectivity index (χ2n) is 10.7. The van der Waals surface area contributed by atoms with Gasteiger partial charge < -0.3 is 15.4 Å². The third-order valence-corrected chi connectivity index (χ3v) is 8.67. The van der Waals surface area contributed by atoms with Crippen LogP contribution in [0.2, 0.25) is 0 Å². The highest BCUT2D eigenvalue weighted by molar-refractivity contribution is 7.88. The van der Waals surface area contributed by atoms with Gasteiger partial charge in [-0.15, -0.1) is 0 Å². The number of halogens is 2. The predicted molar refractivity (Wildman–Crippen MR) is 147 cm³/mol. The van der Waals surface area contributed by atoms with Crippen LogP contribution >= 0.6 is 0 Å². The zero-order chi connectivity index (χ0) is 28.5. The van der Waals surface area contributed by atoms with E-state index in [1.807, 2.05) is 32.6 Å². The van der Waals surface area contributed by atoms with Crippen LogP contribution in [0, 0.1) is 17.0 Å². The lowest BCUT2D eigenvalue weighted by molar-refractivity contribution is 0.102. The molecule has 1 aliphatic rings. The topological polar surface area (TPSA) is 111 Å². The van der Waals surface area contributed by atoms with Gasteiger partial charge in [0.2, 0.25) is 15.8 Å². The van der Waals surface area contributed by atoms with E-state index in [0.717, 1.165) is 16.8 Å². The molecule has 210 valence electrons. The van der Waals surface area contributed by atoms with Gasteiger partial charge in [-0.05, 0) is 42.2 Å². The third kappa shape index (κ3) is 6.56. The minimum atomic E-state index is -3.58. The molecule has 1 fully saturated rings. The van der Waals surface area contributed by atoms with Crippen molar-refractivity contribution in [3.8, 4) is 11.4 Å². The molecule has 39 heavy (non-hydrogen) atoms. The highest BCUT2D eigenvalue weighted by Crippen LogP contribution is 2.31. The molecule has 0 aliphatic carbocycles. The van der Waals surface area contributed by atoms with Gasteiger partial charge in [0.15, 0.2) is 0 Å². The van der Waals surface area contributed by atoms with Crippen molar-refractivity contribution in [1.29, 1.82) is 0 Å². The molecule has 3 aromatic rings. The Morgan fingerprint density at radius 2 is 1.62 bits per heavy atom. The normalized spacial score (nSPS) is 15.8. The van der Waals surface area contributed by atoms with Crippen LogP contribution in [0.4, 0.5) is 20.2 Å². The van der Waals surface area contributed by atoms with Gasteiger partial charge in [-0.3, -0.25) is 4.79 Å². The Morgan fingerprint density at radius 3 is 2.18 bits per heavy atom. The van der Waals surface area contributed by atoms with E-state index in [0.29, 0.717) is 36.1 Å². The summed E-state index contributed by atoms with van der Waals surface area (Å²) in [5.74, 6) is -1.85. The molecule has 1 aromatic heterocycles. The summed E-state index contributed by atoms with van der Waals surface area (Å²) in [5.41, 5.74) is 6.21. The Balaban J connectivity index is 1.61. The van der Waals surface area contributed by atoms with Gasteiger partial charge in [-0.2, -0.15) is 14.1 Å². The molecule has 9 nitrogen and oxygen atoms in total. The SMILES string of the molecule is CC(Oc1c(N2CCN(S(=O)(=O)Cc3ccc(N)cc3)CC2)cnn(-c2cc(F)cc(F)c2)c1=O)C(C)(C)C. The summed E-state index contributed by atoms with van der Waals surface area (Å²) in [7, 11) is -3.58. The molecule has 1 unspecified atom stereocenters. The van der Waals surface area contributed by atoms with E-state index in [1.165, 1.54) is 10.5 Å². The average Bonchev–Trinajstić information content (AvgIpc) is 2.85. The maximum atomic E-state index is 13.9. The molecular weight excluding hydrogens is 528 g/mol. The molecule has 0 amide bonds. The Morgan fingerprint density at radius 1 is 1.03 bits per heavy atom. The summed E-state index contributed by atoms with van der Waals surface area (Å²) in [6, 6.07) is 9.44. The van der Waals surface area contributed by atoms with E-state index in [9.17, 15) is 22.0 Å². The lowest BCUT2D eigenvalue weighted by Gasteiger charge is -2.36. The number of aromatic nitrogens is 2. The second kappa shape index (κ2) is 10.9. The summed E-state index contributed by atoms with van der Waals surface area (Å²) in [6.45, 7) is 8.70. The lowest BCUT2D eigenvalue weighted by Crippen LogP contribution is -2.49. The standard InChI is InChI=1S/C27H33F2N5O4S/c1-18(27(2,3)4)38-25-24(16-31-34(26(25)35)23-14-20(28)13-21(29)15-23)32-9-11-33(12-10-32)39(36,37)17-19-5-7-22(30)8-6-19/h5-8,13-16,18H,9-12,17,30H2,1-4H3. The first-order chi connectivity index (χ1) is 18.2. The molecule has 2 aromatic carbocycles. The van der Waals surface area contributed by atoms with Gasteiger partial charge in [0.1, 0.15) is 23.4 Å². The summed E-state index contributed by atoms with van der Waals surface area (Å²) in [6.07, 6.45) is 1.01. The van der Waals surface area contributed by atoms with E-state index in [4.69, 9.17) is 10.5 Å². The first-order valence-electron chi connectivity index (χ1n) is 12.6. The van der Waals surface area contributed by atoms with Crippen molar-refractivity contribution < 1.29 is 21.9 Å². The van der Waals surface area contributed by atoms with Crippen molar-refractivity contribution in [1.82, 2.24) is 14.1 Å². The summed E-state index contributed by atoms with van der Waals surface area (Å²) in [4.78, 5) is 15.4. The number of sulfonamides is 1. The van der Waals surface area contributed by atoms with E-state index >= 15 is 0 Å². The number of hydrogen-bond donors (Lipinski definition) is 1. The smallest absolute Gasteiger partial charge is 0.316 e. The molecule has 2 heterocycles. The van der Waals surface area contributed by atoms with Crippen molar-refractivity contribution in [3.63, 3.8) is 0 Å². The number of benzene rings is 2. The number of ether oxygens (including phenoxy) is 1. The minimum Gasteiger partial charge on any atom is -0.483 e. The van der Waals surface area contributed by atoms with E-state index in [-0.39, 0.29) is 35.7 Å². The van der Waals surface area contributed by atoms with Crippen LogP contribution in [-0.4, -0.2) is 54.8 Å². The fourth-order valence-electron chi connectivity index (χ4n) is 4.09. The largest absolute Gasteiger partial charge is 0.483 e. The molecule has 0 radical (unpaired) electrons. The Labute approximate surface area is 226 Å². The zero-order valence-electron chi connectivity index (χ0n) is 22.4. The highest BCUT2D eigenvalue weighted by atomic mass is 32.2. The van der Waals surface area contributed by atoms with E-state index in [2.05, 4.69) is 5.10 Å². The molecule has 0 saturated carbocycles. The van der Waals surface area contributed by atoms with Crippen molar-refractivity contribution in [2.45, 2.75) is 39.6 Å². The van der Waals surface area contributed by atoms with Crippen molar-refractivity contribution in [3.05, 3.63) is 76.2 Å².